The average Bonchev–Trinajstić information content (AvgIpc) is 2.48. The first-order valence-electron chi connectivity index (χ1n) is 5.48. The second-order valence-electron chi connectivity index (χ2n) is 3.84. The van der Waals surface area contributed by atoms with Gasteiger partial charge in [0.2, 0.25) is 5.82 Å². The maximum Gasteiger partial charge on any atom is 0.200 e. The Kier molecular flexibility index (Phi) is 4.15. The van der Waals surface area contributed by atoms with Gasteiger partial charge in [0, 0.05) is 5.56 Å². The van der Waals surface area contributed by atoms with Gasteiger partial charge in [-0.15, -0.1) is 0 Å². The van der Waals surface area contributed by atoms with Gasteiger partial charge in [-0.1, -0.05) is 18.2 Å². The second-order valence-corrected chi connectivity index (χ2v) is 3.84. The second kappa shape index (κ2) is 5.86. The number of anilines is 1. The third-order valence-corrected chi connectivity index (χ3v) is 2.50. The highest BCUT2D eigenvalue weighted by Crippen LogP contribution is 2.26. The highest BCUT2D eigenvalue weighted by atomic mass is 19.2. The van der Waals surface area contributed by atoms with Crippen molar-refractivity contribution in [2.24, 2.45) is 5.10 Å². The van der Waals surface area contributed by atoms with E-state index in [9.17, 15) is 26.3 Å². The van der Waals surface area contributed by atoms with E-state index in [0.29, 0.717) is 0 Å². The van der Waals surface area contributed by atoms with Gasteiger partial charge in [-0.3, -0.25) is 5.43 Å². The van der Waals surface area contributed by atoms with Gasteiger partial charge in [-0.25, -0.2) is 26.3 Å². The van der Waals surface area contributed by atoms with Crippen molar-refractivity contribution in [3.05, 3.63) is 64.7 Å². The van der Waals surface area contributed by atoms with E-state index in [1.807, 2.05) is 0 Å². The Labute approximate surface area is 114 Å². The van der Waals surface area contributed by atoms with Crippen LogP contribution in [0, 0.1) is 34.9 Å². The van der Waals surface area contributed by atoms with Crippen LogP contribution in [0.2, 0.25) is 0 Å². The molecule has 0 fully saturated rings. The highest BCUT2D eigenvalue weighted by molar-refractivity contribution is 5.80. The molecule has 0 radical (unpaired) electrons. The zero-order valence-corrected chi connectivity index (χ0v) is 10.1. The van der Waals surface area contributed by atoms with Crippen LogP contribution in [0.1, 0.15) is 5.56 Å². The van der Waals surface area contributed by atoms with Crippen molar-refractivity contribution in [2.45, 2.75) is 0 Å². The fourth-order valence-corrected chi connectivity index (χ4v) is 1.45. The number of hydrogen-bond donors (Lipinski definition) is 1. The molecule has 2 aromatic rings. The number of halogens is 6. The molecule has 110 valence electrons. The lowest BCUT2D eigenvalue weighted by Crippen LogP contribution is -2.06. The van der Waals surface area contributed by atoms with Crippen LogP contribution in [-0.4, -0.2) is 6.21 Å². The minimum absolute atomic E-state index is 0.0335. The Morgan fingerprint density at radius 1 is 0.762 bits per heavy atom. The SMILES string of the molecule is Fc1ccccc1/C=N\Nc1c(F)c(F)c(F)c(F)c1F. The fourth-order valence-electron chi connectivity index (χ4n) is 1.45. The van der Waals surface area contributed by atoms with Gasteiger partial charge in [0.05, 0.1) is 6.21 Å². The maximum absolute atomic E-state index is 13.3. The predicted octanol–water partition coefficient (Wildman–Crippen LogP) is 3.97. The molecule has 0 heterocycles. The zero-order valence-electron chi connectivity index (χ0n) is 10.1. The summed E-state index contributed by atoms with van der Waals surface area (Å²) in [6, 6.07) is 5.30. The van der Waals surface area contributed by atoms with Crippen molar-refractivity contribution >= 4 is 11.9 Å². The largest absolute Gasteiger partial charge is 0.272 e. The number of nitrogens with one attached hydrogen (secondary N) is 1. The predicted molar refractivity (Wildman–Crippen MR) is 63.8 cm³/mol. The lowest BCUT2D eigenvalue weighted by atomic mass is 10.2. The van der Waals surface area contributed by atoms with Crippen LogP contribution < -0.4 is 5.43 Å². The number of hydrogen-bond acceptors (Lipinski definition) is 2. The van der Waals surface area contributed by atoms with Gasteiger partial charge in [-0.2, -0.15) is 5.10 Å². The summed E-state index contributed by atoms with van der Waals surface area (Å²) in [6.07, 6.45) is 0.841. The molecule has 0 aliphatic rings. The minimum atomic E-state index is -2.27. The van der Waals surface area contributed by atoms with Crippen LogP contribution in [0.5, 0.6) is 0 Å². The van der Waals surface area contributed by atoms with Crippen LogP contribution in [0.3, 0.4) is 0 Å². The van der Waals surface area contributed by atoms with Gasteiger partial charge in [0.1, 0.15) is 11.5 Å². The minimum Gasteiger partial charge on any atom is -0.272 e. The summed E-state index contributed by atoms with van der Waals surface area (Å²) < 4.78 is 78.4. The molecule has 0 spiro atoms. The van der Waals surface area contributed by atoms with Crippen molar-refractivity contribution in [1.82, 2.24) is 0 Å². The van der Waals surface area contributed by atoms with Crippen LogP contribution in [0.25, 0.3) is 0 Å². The van der Waals surface area contributed by atoms with Crippen molar-refractivity contribution in [2.75, 3.05) is 5.43 Å². The van der Waals surface area contributed by atoms with Crippen LogP contribution in [0.15, 0.2) is 29.4 Å². The molecular weight excluding hydrogens is 298 g/mol. The molecular formula is C13H6F6N2. The smallest absolute Gasteiger partial charge is 0.200 e. The molecule has 0 unspecified atom stereocenters. The summed E-state index contributed by atoms with van der Waals surface area (Å²) in [5.74, 6) is -11.3. The molecule has 2 rings (SSSR count). The average molecular weight is 304 g/mol. The van der Waals surface area contributed by atoms with E-state index >= 15 is 0 Å². The monoisotopic (exact) mass is 304 g/mol. The molecule has 0 amide bonds. The molecule has 1 N–H and O–H groups in total. The Bertz CT molecular complexity index is 685. The normalized spacial score (nSPS) is 11.1. The van der Waals surface area contributed by atoms with Gasteiger partial charge in [0.15, 0.2) is 23.3 Å². The summed E-state index contributed by atoms with van der Waals surface area (Å²) in [7, 11) is 0. The van der Waals surface area contributed by atoms with E-state index in [1.54, 1.807) is 5.43 Å². The van der Waals surface area contributed by atoms with E-state index in [1.165, 1.54) is 18.2 Å². The van der Waals surface area contributed by atoms with E-state index < -0.39 is 40.6 Å². The van der Waals surface area contributed by atoms with Gasteiger partial charge in [0.25, 0.3) is 0 Å². The number of hydrazone groups is 1. The van der Waals surface area contributed by atoms with Crippen molar-refractivity contribution < 1.29 is 26.3 Å². The lowest BCUT2D eigenvalue weighted by Gasteiger charge is -2.06. The standard InChI is InChI=1S/C13H6F6N2/c14-7-4-2-1-3-6(7)5-20-21-13-11(18)9(16)8(15)10(17)12(13)19/h1-5,21H/b20-5-. The van der Waals surface area contributed by atoms with Crippen molar-refractivity contribution in [1.29, 1.82) is 0 Å². The van der Waals surface area contributed by atoms with Gasteiger partial charge < -0.3 is 0 Å². The Hall–Kier alpha value is -2.51. The van der Waals surface area contributed by atoms with Crippen LogP contribution in [0.4, 0.5) is 32.0 Å². The summed E-state index contributed by atoms with van der Waals surface area (Å²) in [6.45, 7) is 0. The molecule has 0 atom stereocenters. The molecule has 0 aromatic heterocycles. The summed E-state index contributed by atoms with van der Waals surface area (Å²) in [5, 5.41) is 3.26. The molecule has 0 bridgehead atoms. The van der Waals surface area contributed by atoms with E-state index in [4.69, 9.17) is 0 Å². The summed E-state index contributed by atoms with van der Waals surface area (Å²) in [4.78, 5) is 0. The van der Waals surface area contributed by atoms with Crippen molar-refractivity contribution in [3.8, 4) is 0 Å². The molecule has 0 aliphatic carbocycles. The fraction of sp³-hybridized carbons (Fsp3) is 0. The molecule has 0 saturated heterocycles. The lowest BCUT2D eigenvalue weighted by molar-refractivity contribution is 0.381. The third kappa shape index (κ3) is 2.83. The van der Waals surface area contributed by atoms with Crippen LogP contribution in [-0.2, 0) is 0 Å². The maximum atomic E-state index is 13.3. The number of rotatable bonds is 3. The molecule has 8 heteroatoms. The van der Waals surface area contributed by atoms with Crippen molar-refractivity contribution in [3.63, 3.8) is 0 Å². The first kappa shape index (κ1) is 14.9. The molecule has 2 aromatic carbocycles. The quantitative estimate of drug-likeness (QED) is 0.300. The highest BCUT2D eigenvalue weighted by Gasteiger charge is 2.25. The first-order chi connectivity index (χ1) is 9.93. The molecule has 21 heavy (non-hydrogen) atoms. The first-order valence-corrected chi connectivity index (χ1v) is 5.48. The summed E-state index contributed by atoms with van der Waals surface area (Å²) in [5.41, 5.74) is 0.318. The number of benzene rings is 2. The van der Waals surface area contributed by atoms with Crippen LogP contribution >= 0.6 is 0 Å². The van der Waals surface area contributed by atoms with Gasteiger partial charge >= 0.3 is 0 Å². The third-order valence-electron chi connectivity index (χ3n) is 2.50. The van der Waals surface area contributed by atoms with E-state index in [0.717, 1.165) is 12.3 Å². The zero-order chi connectivity index (χ0) is 15.6. The van der Waals surface area contributed by atoms with Gasteiger partial charge in [-0.05, 0) is 6.07 Å². The molecule has 0 aliphatic heterocycles. The topological polar surface area (TPSA) is 24.4 Å². The molecule has 0 saturated carbocycles. The van der Waals surface area contributed by atoms with E-state index in [-0.39, 0.29) is 5.56 Å². The Balaban J connectivity index is 2.31. The van der Waals surface area contributed by atoms with E-state index in [2.05, 4.69) is 5.10 Å². The Morgan fingerprint density at radius 3 is 1.86 bits per heavy atom. The number of nitrogens with zero attached hydrogens (tertiary/aromatic N) is 1. The molecule has 2 nitrogen and oxygen atoms in total. The summed E-state index contributed by atoms with van der Waals surface area (Å²) >= 11 is 0. The Morgan fingerprint density at radius 2 is 1.29 bits per heavy atom.